The summed E-state index contributed by atoms with van der Waals surface area (Å²) in [5.74, 6) is -1.30. The smallest absolute Gasteiger partial charge is 0.494 e. The molecule has 3 aliphatic heterocycles. The molecule has 0 fully saturated rings. The third-order valence-corrected chi connectivity index (χ3v) is 14.1. The Labute approximate surface area is 390 Å². The van der Waals surface area contributed by atoms with Gasteiger partial charge in [0, 0.05) is 48.5 Å². The minimum absolute atomic E-state index is 0.00936. The monoisotopic (exact) mass is 935 g/mol. The number of rotatable bonds is 20. The number of nitrogens with two attached hydrogens (primary N) is 1. The number of aryl methyl sites for hydroxylation is 1. The van der Waals surface area contributed by atoms with Gasteiger partial charge in [-0.3, -0.25) is 9.59 Å². The Balaban J connectivity index is 0.697. The van der Waals surface area contributed by atoms with Crippen molar-refractivity contribution in [3.05, 3.63) is 119 Å². The van der Waals surface area contributed by atoms with Crippen molar-refractivity contribution in [1.29, 1.82) is 0 Å². The number of hydrogen-bond acceptors (Lipinski definition) is 9. The van der Waals surface area contributed by atoms with Crippen LogP contribution in [0.3, 0.4) is 0 Å². The summed E-state index contributed by atoms with van der Waals surface area (Å²) in [6.45, 7) is 6.81. The van der Waals surface area contributed by atoms with Crippen molar-refractivity contribution in [3.8, 4) is 17.2 Å². The van der Waals surface area contributed by atoms with Gasteiger partial charge >= 0.3 is 7.26 Å². The lowest BCUT2D eigenvalue weighted by molar-refractivity contribution is -0.333. The van der Waals surface area contributed by atoms with Gasteiger partial charge in [0.05, 0.1) is 41.1 Å². The van der Waals surface area contributed by atoms with Gasteiger partial charge in [-0.2, -0.15) is 0 Å². The molecule has 1 radical (unpaired) electrons. The molecule has 0 bridgehead atoms. The Morgan fingerprint density at radius 3 is 2.43 bits per heavy atom. The standard InChI is InChI=1S/C49H57BF2N8O6S/c1-49(2,3)48-57-56-46(66-48)38-28-43-44(29-39(38)51)67(63,64)32-40(53)47(62)58(43)30-33-15-19-37(20-16-33)65-25-12-10-8-6-4-5-7-9-11-23-55-45(61)22-17-34-26-36-27-35-18-21-42(41-14-13-24-54-41)60(35)50(52)59(36)31-34/h13-16,18-21,24,26-29,31,40,54H,4-12,17,22-23,25,30,32,53H2,1-3H3/q-1/p+1/t40-/m0/s1. The van der Waals surface area contributed by atoms with Gasteiger partial charge in [-0.1, -0.05) is 77.8 Å². The number of allylic oxidation sites excluding steroid dienone is 2. The van der Waals surface area contributed by atoms with Gasteiger partial charge in [0.15, 0.2) is 21.2 Å². The minimum atomic E-state index is -4.11. The Hall–Kier alpha value is -6.14. The van der Waals surface area contributed by atoms with Gasteiger partial charge in [-0.05, 0) is 79.1 Å². The number of amides is 2. The highest BCUT2D eigenvalue weighted by atomic mass is 32.2. The fourth-order valence-corrected chi connectivity index (χ4v) is 10.1. The molecule has 3 aliphatic rings. The largest absolute Gasteiger partial charge is 0.533 e. The van der Waals surface area contributed by atoms with Crippen LogP contribution in [0.4, 0.5) is 14.4 Å². The molecule has 1 atom stereocenters. The molecular weight excluding hydrogens is 877 g/mol. The van der Waals surface area contributed by atoms with Crippen LogP contribution in [-0.2, 0) is 37.8 Å². The van der Waals surface area contributed by atoms with E-state index in [1.165, 1.54) is 11.0 Å². The van der Waals surface area contributed by atoms with Crippen LogP contribution in [0.15, 0.2) is 94.2 Å². The topological polar surface area (TPSA) is 181 Å². The van der Waals surface area contributed by atoms with E-state index in [4.69, 9.17) is 14.9 Å². The molecule has 0 unspecified atom stereocenters. The summed E-state index contributed by atoms with van der Waals surface area (Å²) in [6.07, 6.45) is 20.1. The first-order chi connectivity index (χ1) is 32.2. The summed E-state index contributed by atoms with van der Waals surface area (Å²) in [6, 6.07) is 13.8. The zero-order chi connectivity index (χ0) is 47.3. The van der Waals surface area contributed by atoms with Crippen LogP contribution in [0.2, 0.25) is 0 Å². The maximum absolute atomic E-state index is 15.7. The molecule has 0 saturated heterocycles. The highest BCUT2D eigenvalue weighted by Crippen LogP contribution is 2.38. The van der Waals surface area contributed by atoms with Crippen molar-refractivity contribution < 1.29 is 40.4 Å². The summed E-state index contributed by atoms with van der Waals surface area (Å²) in [5, 5.41) is 11.1. The van der Waals surface area contributed by atoms with Crippen LogP contribution in [0.1, 0.15) is 113 Å². The number of nitrogens with zero attached hydrogens (tertiary/aromatic N) is 5. The molecule has 4 N–H and O–H groups in total. The number of nitrogens with one attached hydrogen (secondary N) is 2. The quantitative estimate of drug-likeness (QED) is 0.0518. The molecule has 0 saturated carbocycles. The van der Waals surface area contributed by atoms with E-state index in [9.17, 15) is 18.0 Å². The number of H-pyrrole nitrogens is 1. The molecule has 2 amide bonds. The fraction of sp³-hybridized carbons (Fsp3) is 0.408. The summed E-state index contributed by atoms with van der Waals surface area (Å²) < 4.78 is 72.8. The predicted molar refractivity (Wildman–Crippen MR) is 253 cm³/mol. The molecule has 67 heavy (non-hydrogen) atoms. The predicted octanol–water partition coefficient (Wildman–Crippen LogP) is 7.82. The van der Waals surface area contributed by atoms with Crippen molar-refractivity contribution in [3.63, 3.8) is 0 Å². The van der Waals surface area contributed by atoms with Crippen LogP contribution in [0, 0.1) is 5.82 Å². The number of ether oxygens (including phenoxy) is 1. The van der Waals surface area contributed by atoms with Crippen molar-refractivity contribution in [2.75, 3.05) is 23.8 Å². The van der Waals surface area contributed by atoms with Gasteiger partial charge in [-0.25, -0.2) is 12.8 Å². The highest BCUT2D eigenvalue weighted by molar-refractivity contribution is 7.91. The van der Waals surface area contributed by atoms with Crippen molar-refractivity contribution in [2.24, 2.45) is 5.73 Å². The van der Waals surface area contributed by atoms with Gasteiger partial charge in [0.25, 0.3) is 5.89 Å². The number of aromatic nitrogens is 4. The van der Waals surface area contributed by atoms with E-state index in [-0.39, 0.29) is 40.4 Å². The normalized spacial score (nSPS) is 16.7. The SMILES string of the molecule is CC(C)(C)c1nnc(-c2cc3c(cc2F)S(=O)(=O)C[C@H](N)C(=O)N3Cc2ccc(OCCCCCCCCCCCNC(=O)CCc3cc4n(c3)[B-](F)[N+]3=C(c5ccc[nH]5)C=CC3=C4)cc2)o1. The summed E-state index contributed by atoms with van der Waals surface area (Å²) in [5.41, 5.74) is 10.3. The molecule has 18 heteroatoms. The van der Waals surface area contributed by atoms with Crippen molar-refractivity contribution >= 4 is 46.4 Å². The van der Waals surface area contributed by atoms with Crippen molar-refractivity contribution in [1.82, 2.24) is 25.0 Å². The molecule has 5 aromatic rings. The number of unbranched alkanes of at least 4 members (excludes halogenated alkanes) is 8. The molecule has 3 aromatic heterocycles. The van der Waals surface area contributed by atoms with E-state index in [1.807, 2.05) is 69.6 Å². The van der Waals surface area contributed by atoms with Crippen LogP contribution in [0.25, 0.3) is 17.5 Å². The van der Waals surface area contributed by atoms with Gasteiger partial charge in [-0.15, -0.1) is 10.2 Å². The zero-order valence-corrected chi connectivity index (χ0v) is 39.1. The zero-order valence-electron chi connectivity index (χ0n) is 38.3. The van der Waals surface area contributed by atoms with Crippen LogP contribution in [0.5, 0.6) is 5.75 Å². The van der Waals surface area contributed by atoms with E-state index in [0.29, 0.717) is 37.3 Å². The maximum atomic E-state index is 15.7. The number of benzene rings is 2. The van der Waals surface area contributed by atoms with Gasteiger partial charge in [0.1, 0.15) is 17.3 Å². The average molecular weight is 936 g/mol. The summed E-state index contributed by atoms with van der Waals surface area (Å²) in [7, 11) is -5.47. The number of anilines is 1. The van der Waals surface area contributed by atoms with Crippen LogP contribution in [-0.4, -0.2) is 82.3 Å². The molecule has 0 spiro atoms. The van der Waals surface area contributed by atoms with Gasteiger partial charge < -0.3 is 43.4 Å². The Kier molecular flexibility index (Phi) is 14.4. The Morgan fingerprint density at radius 1 is 1.00 bits per heavy atom. The first kappa shape index (κ1) is 47.4. The Morgan fingerprint density at radius 2 is 1.73 bits per heavy atom. The lowest BCUT2D eigenvalue weighted by atomic mass is 9.97. The highest BCUT2D eigenvalue weighted by Gasteiger charge is 2.38. The number of carbonyl (C=O) groups is 2. The first-order valence-electron chi connectivity index (χ1n) is 23.2. The molecule has 2 aromatic carbocycles. The number of sulfone groups is 1. The van der Waals surface area contributed by atoms with E-state index in [1.54, 1.807) is 33.2 Å². The Bertz CT molecular complexity index is 2790. The van der Waals surface area contributed by atoms with E-state index in [2.05, 4.69) is 20.5 Å². The van der Waals surface area contributed by atoms with Crippen LogP contribution < -0.4 is 20.7 Å². The number of fused-ring (bicyclic) bond motifs is 3. The number of carbonyl (C=O) groups excluding carboxylic acids is 2. The molecule has 14 nitrogen and oxygen atoms in total. The average Bonchev–Trinajstić information content (AvgIpc) is 4.13. The first-order valence-corrected chi connectivity index (χ1v) is 24.8. The number of halogens is 2. The molecule has 353 valence electrons. The van der Waals surface area contributed by atoms with E-state index >= 15 is 8.71 Å². The van der Waals surface area contributed by atoms with Gasteiger partial charge in [0.2, 0.25) is 17.7 Å². The van der Waals surface area contributed by atoms with E-state index < -0.39 is 46.0 Å². The lowest BCUT2D eigenvalue weighted by Crippen LogP contribution is -2.45. The van der Waals surface area contributed by atoms with Crippen LogP contribution >= 0.6 is 0 Å². The third-order valence-electron chi connectivity index (χ3n) is 12.3. The van der Waals surface area contributed by atoms with E-state index in [0.717, 1.165) is 92.2 Å². The maximum Gasteiger partial charge on any atom is 0.533 e. The molecule has 8 rings (SSSR count). The second-order valence-corrected chi connectivity index (χ2v) is 20.5. The third kappa shape index (κ3) is 11.0. The lowest BCUT2D eigenvalue weighted by Gasteiger charge is -2.25. The second-order valence-electron chi connectivity index (χ2n) is 18.5. The second kappa shape index (κ2) is 20.4. The molecule has 6 heterocycles. The fourth-order valence-electron chi connectivity index (χ4n) is 8.58. The molecular formula is C49H58BF2N8O6S. The molecule has 0 aliphatic carbocycles. The minimum Gasteiger partial charge on any atom is -0.494 e. The summed E-state index contributed by atoms with van der Waals surface area (Å²) >= 11 is 0. The van der Waals surface area contributed by atoms with Crippen molar-refractivity contribution in [2.45, 2.75) is 114 Å². The number of hydrogen-bond donors (Lipinski definition) is 3. The summed E-state index contributed by atoms with van der Waals surface area (Å²) in [4.78, 5) is 30.2. The number of aromatic amines is 1.